The van der Waals surface area contributed by atoms with E-state index in [9.17, 15) is 9.59 Å². The highest BCUT2D eigenvalue weighted by Gasteiger charge is 2.14. The number of nitrogens with one attached hydrogen (secondary N) is 1. The second kappa shape index (κ2) is 7.59. The van der Waals surface area contributed by atoms with Crippen molar-refractivity contribution < 1.29 is 14.3 Å². The second-order valence-electron chi connectivity index (χ2n) is 6.55. The molecule has 4 aromatic rings. The summed E-state index contributed by atoms with van der Waals surface area (Å²) in [5.74, 6) is 0.570. The van der Waals surface area contributed by atoms with Crippen LogP contribution in [-0.4, -0.2) is 23.0 Å². The molecule has 0 unspecified atom stereocenters. The molecule has 0 aliphatic carbocycles. The van der Waals surface area contributed by atoms with E-state index in [-0.39, 0.29) is 11.3 Å². The first-order valence-electron chi connectivity index (χ1n) is 9.01. The number of H-pyrrole nitrogens is 1. The number of nitrogens with zero attached hydrogens (tertiary/aromatic N) is 1. The van der Waals surface area contributed by atoms with Crippen molar-refractivity contribution in [3.05, 3.63) is 88.2 Å². The van der Waals surface area contributed by atoms with Crippen LogP contribution in [-0.2, 0) is 0 Å². The lowest BCUT2D eigenvalue weighted by molar-refractivity contribution is 0.0730. The molecule has 1 aromatic heterocycles. The third-order valence-corrected chi connectivity index (χ3v) is 4.54. The maximum absolute atomic E-state index is 12.4. The Labute approximate surface area is 166 Å². The van der Waals surface area contributed by atoms with Crippen LogP contribution in [0.2, 0.25) is 0 Å². The highest BCUT2D eigenvalue weighted by molar-refractivity contribution is 5.91. The monoisotopic (exact) mass is 386 g/mol. The van der Waals surface area contributed by atoms with Gasteiger partial charge in [0.15, 0.2) is 11.5 Å². The van der Waals surface area contributed by atoms with Gasteiger partial charge < -0.3 is 14.5 Å². The smallest absolute Gasteiger partial charge is 0.343 e. The Morgan fingerprint density at radius 1 is 0.966 bits per heavy atom. The number of methoxy groups -OCH3 is 1. The maximum atomic E-state index is 12.4. The number of hydrogen-bond acceptors (Lipinski definition) is 5. The Bertz CT molecular complexity index is 1260. The minimum Gasteiger partial charge on any atom is -0.493 e. The highest BCUT2D eigenvalue weighted by Crippen LogP contribution is 2.32. The van der Waals surface area contributed by atoms with E-state index in [4.69, 9.17) is 9.47 Å². The summed E-state index contributed by atoms with van der Waals surface area (Å²) < 4.78 is 10.9. The summed E-state index contributed by atoms with van der Waals surface area (Å²) in [6.07, 6.45) is 0. The molecule has 0 bridgehead atoms. The number of rotatable bonds is 4. The second-order valence-corrected chi connectivity index (χ2v) is 6.55. The summed E-state index contributed by atoms with van der Waals surface area (Å²) >= 11 is 0. The maximum Gasteiger partial charge on any atom is 0.343 e. The van der Waals surface area contributed by atoms with Crippen molar-refractivity contribution in [3.63, 3.8) is 0 Å². The molecule has 6 heteroatoms. The molecule has 0 aliphatic rings. The van der Waals surface area contributed by atoms with Gasteiger partial charge >= 0.3 is 5.97 Å². The molecular weight excluding hydrogens is 368 g/mol. The van der Waals surface area contributed by atoms with Gasteiger partial charge in [0, 0.05) is 5.56 Å². The fourth-order valence-corrected chi connectivity index (χ4v) is 2.97. The summed E-state index contributed by atoms with van der Waals surface area (Å²) in [6, 6.07) is 19.2. The summed E-state index contributed by atoms with van der Waals surface area (Å²) in [5, 5.41) is 0.520. The van der Waals surface area contributed by atoms with Crippen LogP contribution in [0.3, 0.4) is 0 Å². The van der Waals surface area contributed by atoms with Crippen molar-refractivity contribution in [2.45, 2.75) is 6.92 Å². The quantitative estimate of drug-likeness (QED) is 0.421. The molecule has 3 aromatic carbocycles. The van der Waals surface area contributed by atoms with Crippen molar-refractivity contribution >= 4 is 16.9 Å². The molecule has 0 spiro atoms. The molecule has 0 radical (unpaired) electrons. The first kappa shape index (κ1) is 18.4. The first-order chi connectivity index (χ1) is 14.0. The van der Waals surface area contributed by atoms with Gasteiger partial charge in [0.2, 0.25) is 0 Å². The lowest BCUT2D eigenvalue weighted by Crippen LogP contribution is -2.10. The fourth-order valence-electron chi connectivity index (χ4n) is 2.97. The van der Waals surface area contributed by atoms with E-state index in [1.54, 1.807) is 48.5 Å². The predicted molar refractivity (Wildman–Crippen MR) is 110 cm³/mol. The number of aromatic nitrogens is 2. The lowest BCUT2D eigenvalue weighted by atomic mass is 10.1. The minimum absolute atomic E-state index is 0.223. The van der Waals surface area contributed by atoms with Gasteiger partial charge in [0.1, 0.15) is 5.82 Å². The number of carbonyl (C=O) groups excluding carboxylic acids is 1. The van der Waals surface area contributed by atoms with Gasteiger partial charge in [0.05, 0.1) is 23.6 Å². The predicted octanol–water partition coefficient (Wildman–Crippen LogP) is 4.13. The van der Waals surface area contributed by atoms with Crippen molar-refractivity contribution in [3.8, 4) is 22.9 Å². The van der Waals surface area contributed by atoms with Crippen molar-refractivity contribution in [2.75, 3.05) is 7.11 Å². The Morgan fingerprint density at radius 3 is 2.48 bits per heavy atom. The Kier molecular flexibility index (Phi) is 4.83. The van der Waals surface area contributed by atoms with Gasteiger partial charge in [-0.05, 0) is 49.4 Å². The third kappa shape index (κ3) is 3.73. The zero-order chi connectivity index (χ0) is 20.4. The van der Waals surface area contributed by atoms with Crippen molar-refractivity contribution in [1.82, 2.24) is 9.97 Å². The van der Waals surface area contributed by atoms with Gasteiger partial charge in [-0.1, -0.05) is 29.8 Å². The van der Waals surface area contributed by atoms with Crippen LogP contribution in [0.25, 0.3) is 22.3 Å². The minimum atomic E-state index is -0.478. The number of benzene rings is 3. The van der Waals surface area contributed by atoms with Crippen LogP contribution in [0.15, 0.2) is 71.5 Å². The van der Waals surface area contributed by atoms with E-state index in [0.29, 0.717) is 33.6 Å². The number of para-hydroxylation sites is 1. The van der Waals surface area contributed by atoms with Gasteiger partial charge in [-0.25, -0.2) is 9.78 Å². The molecule has 0 saturated carbocycles. The van der Waals surface area contributed by atoms with Gasteiger partial charge in [-0.3, -0.25) is 4.79 Å². The highest BCUT2D eigenvalue weighted by atomic mass is 16.6. The average Bonchev–Trinajstić information content (AvgIpc) is 2.74. The van der Waals surface area contributed by atoms with Crippen LogP contribution < -0.4 is 15.0 Å². The number of fused-ring (bicyclic) bond motifs is 1. The standard InChI is InChI=1S/C23H18N2O4/c1-14-7-9-15(10-8-14)23(27)29-19-12-11-16(13-20(19)28-2)21-24-18-6-4-3-5-17(18)22(26)25-21/h3-13H,1-2H3,(H,24,25,26). The third-order valence-electron chi connectivity index (χ3n) is 4.54. The van der Waals surface area contributed by atoms with Crippen molar-refractivity contribution in [1.29, 1.82) is 0 Å². The van der Waals surface area contributed by atoms with Crippen LogP contribution >= 0.6 is 0 Å². The number of aromatic amines is 1. The summed E-state index contributed by atoms with van der Waals surface area (Å²) in [5.41, 5.74) is 2.52. The lowest BCUT2D eigenvalue weighted by Gasteiger charge is -2.11. The summed E-state index contributed by atoms with van der Waals surface area (Å²) in [7, 11) is 1.49. The van der Waals surface area contributed by atoms with E-state index in [1.807, 2.05) is 25.1 Å². The topological polar surface area (TPSA) is 81.3 Å². The van der Waals surface area contributed by atoms with Gasteiger partial charge in [-0.2, -0.15) is 0 Å². The van der Waals surface area contributed by atoms with E-state index >= 15 is 0 Å². The largest absolute Gasteiger partial charge is 0.493 e. The van der Waals surface area contributed by atoms with E-state index in [2.05, 4.69) is 9.97 Å². The fraction of sp³-hybridized carbons (Fsp3) is 0.0870. The molecular formula is C23H18N2O4. The van der Waals surface area contributed by atoms with Gasteiger partial charge in [0.25, 0.3) is 5.56 Å². The Balaban J connectivity index is 1.67. The molecule has 6 nitrogen and oxygen atoms in total. The normalized spacial score (nSPS) is 10.7. The van der Waals surface area contributed by atoms with Crippen LogP contribution in [0.5, 0.6) is 11.5 Å². The number of aryl methyl sites for hydroxylation is 1. The van der Waals surface area contributed by atoms with Crippen LogP contribution in [0.4, 0.5) is 0 Å². The molecule has 1 N–H and O–H groups in total. The summed E-state index contributed by atoms with van der Waals surface area (Å²) in [6.45, 7) is 1.95. The zero-order valence-electron chi connectivity index (χ0n) is 15.9. The number of ether oxygens (including phenoxy) is 2. The molecule has 0 aliphatic heterocycles. The van der Waals surface area contributed by atoms with E-state index in [1.165, 1.54) is 7.11 Å². The molecule has 0 amide bonds. The molecule has 144 valence electrons. The van der Waals surface area contributed by atoms with E-state index < -0.39 is 5.97 Å². The molecule has 1 heterocycles. The number of esters is 1. The zero-order valence-corrected chi connectivity index (χ0v) is 15.9. The average molecular weight is 386 g/mol. The molecule has 0 atom stereocenters. The Morgan fingerprint density at radius 2 is 1.72 bits per heavy atom. The molecule has 0 fully saturated rings. The molecule has 4 rings (SSSR count). The first-order valence-corrected chi connectivity index (χ1v) is 9.01. The SMILES string of the molecule is COc1cc(-c2nc3ccccc3c(=O)[nH]2)ccc1OC(=O)c1ccc(C)cc1. The van der Waals surface area contributed by atoms with E-state index in [0.717, 1.165) is 5.56 Å². The molecule has 29 heavy (non-hydrogen) atoms. The number of carbonyl (C=O) groups is 1. The number of hydrogen-bond donors (Lipinski definition) is 1. The van der Waals surface area contributed by atoms with Crippen LogP contribution in [0, 0.1) is 6.92 Å². The van der Waals surface area contributed by atoms with Crippen LogP contribution in [0.1, 0.15) is 15.9 Å². The van der Waals surface area contributed by atoms with Gasteiger partial charge in [-0.15, -0.1) is 0 Å². The molecule has 0 saturated heterocycles. The summed E-state index contributed by atoms with van der Waals surface area (Å²) in [4.78, 5) is 32.0. The van der Waals surface area contributed by atoms with Crippen molar-refractivity contribution in [2.24, 2.45) is 0 Å². The Hall–Kier alpha value is -3.93.